The summed E-state index contributed by atoms with van der Waals surface area (Å²) in [5, 5.41) is 1.72. The lowest BCUT2D eigenvalue weighted by molar-refractivity contribution is 0.0160. The first-order chi connectivity index (χ1) is 9.61. The van der Waals surface area contributed by atoms with E-state index in [2.05, 4.69) is 15.9 Å². The first-order valence-electron chi connectivity index (χ1n) is 6.53. The number of rotatable bonds is 4. The van der Waals surface area contributed by atoms with Crippen molar-refractivity contribution in [2.45, 2.75) is 18.9 Å². The van der Waals surface area contributed by atoms with Crippen LogP contribution in [0.5, 0.6) is 0 Å². The third kappa shape index (κ3) is 4.10. The molecule has 1 aliphatic rings. The second kappa shape index (κ2) is 7.64. The lowest BCUT2D eigenvalue weighted by Gasteiger charge is -2.32. The van der Waals surface area contributed by atoms with Crippen LogP contribution in [0.25, 0.3) is 0 Å². The van der Waals surface area contributed by atoms with E-state index in [9.17, 15) is 4.79 Å². The summed E-state index contributed by atoms with van der Waals surface area (Å²) < 4.78 is 5.68. The van der Waals surface area contributed by atoms with E-state index in [4.69, 9.17) is 27.9 Å². The maximum Gasteiger partial charge on any atom is 0.253 e. The molecular formula is C14H16BrCl2NO2. The van der Waals surface area contributed by atoms with Gasteiger partial charge in [-0.1, -0.05) is 39.1 Å². The summed E-state index contributed by atoms with van der Waals surface area (Å²) in [6.45, 7) is 2.14. The van der Waals surface area contributed by atoms with E-state index in [1.54, 1.807) is 18.2 Å². The van der Waals surface area contributed by atoms with Gasteiger partial charge in [0.25, 0.3) is 5.91 Å². The van der Waals surface area contributed by atoms with E-state index in [-0.39, 0.29) is 12.0 Å². The van der Waals surface area contributed by atoms with Crippen molar-refractivity contribution in [1.29, 1.82) is 0 Å². The van der Waals surface area contributed by atoms with Crippen molar-refractivity contribution in [3.05, 3.63) is 33.8 Å². The normalized spacial score (nSPS) is 16.4. The molecule has 0 radical (unpaired) electrons. The van der Waals surface area contributed by atoms with Crippen molar-refractivity contribution in [3.63, 3.8) is 0 Å². The smallest absolute Gasteiger partial charge is 0.253 e. The quantitative estimate of drug-likeness (QED) is 0.738. The Hall–Kier alpha value is -0.290. The van der Waals surface area contributed by atoms with Gasteiger partial charge in [-0.15, -0.1) is 0 Å². The molecule has 1 aromatic rings. The summed E-state index contributed by atoms with van der Waals surface area (Å²) in [5.41, 5.74) is 0.583. The maximum absolute atomic E-state index is 12.4. The molecule has 3 nitrogen and oxygen atoms in total. The first-order valence-corrected chi connectivity index (χ1v) is 8.41. The number of carbonyl (C=O) groups is 1. The fourth-order valence-corrected chi connectivity index (χ4v) is 2.73. The van der Waals surface area contributed by atoms with Gasteiger partial charge in [0, 0.05) is 24.0 Å². The minimum atomic E-state index is 0.00232. The Balaban J connectivity index is 1.92. The number of amides is 1. The summed E-state index contributed by atoms with van der Waals surface area (Å²) in [6.07, 6.45) is 2.01. The van der Waals surface area contributed by atoms with E-state index in [0.29, 0.717) is 35.3 Å². The summed E-state index contributed by atoms with van der Waals surface area (Å²) in [6, 6.07) is 4.99. The Bertz CT molecular complexity index is 476. The zero-order chi connectivity index (χ0) is 14.5. The topological polar surface area (TPSA) is 29.5 Å². The summed E-state index contributed by atoms with van der Waals surface area (Å²) in [4.78, 5) is 14.2. The number of likely N-dealkylation sites (tertiary alicyclic amines) is 1. The molecule has 110 valence electrons. The Morgan fingerprint density at radius 3 is 2.60 bits per heavy atom. The number of hydrogen-bond acceptors (Lipinski definition) is 2. The molecule has 1 amide bonds. The van der Waals surface area contributed by atoms with E-state index in [0.717, 1.165) is 18.2 Å². The molecule has 0 N–H and O–H groups in total. The number of piperidine rings is 1. The molecule has 1 saturated heterocycles. The molecule has 0 saturated carbocycles. The van der Waals surface area contributed by atoms with Crippen LogP contribution in [-0.4, -0.2) is 41.9 Å². The average Bonchev–Trinajstić information content (AvgIpc) is 2.48. The number of alkyl halides is 1. The summed E-state index contributed by atoms with van der Waals surface area (Å²) in [7, 11) is 0. The SMILES string of the molecule is O=C(c1ccc(Cl)c(Cl)c1)N1CCC(OCCBr)CC1. The molecule has 2 rings (SSSR count). The number of benzene rings is 1. The molecule has 0 bridgehead atoms. The Kier molecular flexibility index (Phi) is 6.15. The van der Waals surface area contributed by atoms with E-state index < -0.39 is 0 Å². The fourth-order valence-electron chi connectivity index (χ4n) is 2.25. The van der Waals surface area contributed by atoms with Crippen molar-refractivity contribution in [2.24, 2.45) is 0 Å². The fraction of sp³-hybridized carbons (Fsp3) is 0.500. The monoisotopic (exact) mass is 379 g/mol. The molecule has 20 heavy (non-hydrogen) atoms. The standard InChI is InChI=1S/C14H16BrCl2NO2/c15-5-8-20-11-3-6-18(7-4-11)14(19)10-1-2-12(16)13(17)9-10/h1-2,9,11H,3-8H2. The molecule has 0 aromatic heterocycles. The first kappa shape index (κ1) is 16.1. The van der Waals surface area contributed by atoms with E-state index in [1.807, 2.05) is 4.90 Å². The van der Waals surface area contributed by atoms with Crippen LogP contribution < -0.4 is 0 Å². The lowest BCUT2D eigenvalue weighted by atomic mass is 10.1. The maximum atomic E-state index is 12.4. The Labute approximate surface area is 137 Å². The number of halogens is 3. The molecule has 6 heteroatoms. The van der Waals surface area contributed by atoms with Crippen molar-refractivity contribution >= 4 is 45.0 Å². The van der Waals surface area contributed by atoms with Crippen LogP contribution in [0.1, 0.15) is 23.2 Å². The molecular weight excluding hydrogens is 365 g/mol. The van der Waals surface area contributed by atoms with Crippen LogP contribution in [-0.2, 0) is 4.74 Å². The Morgan fingerprint density at radius 2 is 2.00 bits per heavy atom. The minimum Gasteiger partial charge on any atom is -0.377 e. The number of nitrogens with zero attached hydrogens (tertiary/aromatic N) is 1. The van der Waals surface area contributed by atoms with Gasteiger partial charge in [0.1, 0.15) is 0 Å². The zero-order valence-corrected chi connectivity index (χ0v) is 14.0. The van der Waals surface area contributed by atoms with Crippen LogP contribution in [0.15, 0.2) is 18.2 Å². The van der Waals surface area contributed by atoms with Crippen LogP contribution >= 0.6 is 39.1 Å². The van der Waals surface area contributed by atoms with Gasteiger partial charge in [-0.3, -0.25) is 4.79 Å². The molecule has 1 aromatic carbocycles. The van der Waals surface area contributed by atoms with Crippen molar-refractivity contribution in [3.8, 4) is 0 Å². The predicted molar refractivity (Wildman–Crippen MR) is 85.1 cm³/mol. The minimum absolute atomic E-state index is 0.00232. The van der Waals surface area contributed by atoms with Gasteiger partial charge >= 0.3 is 0 Å². The molecule has 1 aliphatic heterocycles. The third-order valence-corrected chi connectivity index (χ3v) is 4.39. The van der Waals surface area contributed by atoms with E-state index >= 15 is 0 Å². The van der Waals surface area contributed by atoms with Crippen molar-refractivity contribution < 1.29 is 9.53 Å². The predicted octanol–water partition coefficient (Wildman–Crippen LogP) is 4.01. The number of hydrogen-bond donors (Lipinski definition) is 0. The van der Waals surface area contributed by atoms with Gasteiger partial charge in [0.15, 0.2) is 0 Å². The van der Waals surface area contributed by atoms with Crippen molar-refractivity contribution in [1.82, 2.24) is 4.90 Å². The average molecular weight is 381 g/mol. The summed E-state index contributed by atoms with van der Waals surface area (Å²) in [5.74, 6) is 0.00232. The lowest BCUT2D eigenvalue weighted by Crippen LogP contribution is -2.41. The second-order valence-electron chi connectivity index (χ2n) is 4.68. The van der Waals surface area contributed by atoms with Gasteiger partial charge in [-0.25, -0.2) is 0 Å². The second-order valence-corrected chi connectivity index (χ2v) is 6.29. The van der Waals surface area contributed by atoms with Crippen LogP contribution in [0.4, 0.5) is 0 Å². The molecule has 1 fully saturated rings. The number of ether oxygens (including phenoxy) is 1. The van der Waals surface area contributed by atoms with E-state index in [1.165, 1.54) is 0 Å². The molecule has 0 unspecified atom stereocenters. The van der Waals surface area contributed by atoms with Crippen LogP contribution in [0.3, 0.4) is 0 Å². The highest BCUT2D eigenvalue weighted by molar-refractivity contribution is 9.09. The third-order valence-electron chi connectivity index (χ3n) is 3.33. The van der Waals surface area contributed by atoms with Gasteiger partial charge in [0.2, 0.25) is 0 Å². The Morgan fingerprint density at radius 1 is 1.30 bits per heavy atom. The van der Waals surface area contributed by atoms with Gasteiger partial charge in [0.05, 0.1) is 22.8 Å². The molecule has 1 heterocycles. The van der Waals surface area contributed by atoms with Gasteiger partial charge < -0.3 is 9.64 Å². The highest BCUT2D eigenvalue weighted by Crippen LogP contribution is 2.24. The zero-order valence-electron chi connectivity index (χ0n) is 10.9. The largest absolute Gasteiger partial charge is 0.377 e. The molecule has 0 spiro atoms. The summed E-state index contributed by atoms with van der Waals surface area (Å²) >= 11 is 15.2. The van der Waals surface area contributed by atoms with Crippen molar-refractivity contribution in [2.75, 3.05) is 25.0 Å². The molecule has 0 atom stereocenters. The highest BCUT2D eigenvalue weighted by Gasteiger charge is 2.24. The van der Waals surface area contributed by atoms with Crippen LogP contribution in [0.2, 0.25) is 10.0 Å². The van der Waals surface area contributed by atoms with Gasteiger partial charge in [-0.2, -0.15) is 0 Å². The van der Waals surface area contributed by atoms with Crippen LogP contribution in [0, 0.1) is 0 Å². The highest BCUT2D eigenvalue weighted by atomic mass is 79.9. The number of carbonyl (C=O) groups excluding carboxylic acids is 1. The van der Waals surface area contributed by atoms with Gasteiger partial charge in [-0.05, 0) is 31.0 Å². The molecule has 0 aliphatic carbocycles.